The summed E-state index contributed by atoms with van der Waals surface area (Å²) in [6, 6.07) is 2.03. The topological polar surface area (TPSA) is 29.0 Å². The first-order chi connectivity index (χ1) is 5.86. The van der Waals surface area contributed by atoms with Gasteiger partial charge in [0.1, 0.15) is 12.1 Å². The van der Waals surface area contributed by atoms with Crippen molar-refractivity contribution in [2.45, 2.75) is 6.92 Å². The summed E-state index contributed by atoms with van der Waals surface area (Å²) < 4.78 is 0. The lowest BCUT2D eigenvalue weighted by molar-refractivity contribution is 0.939. The zero-order valence-electron chi connectivity index (χ0n) is 7.03. The minimum atomic E-state index is 1.04. The van der Waals surface area contributed by atoms with Gasteiger partial charge in [-0.1, -0.05) is 0 Å². The molecule has 1 aliphatic rings. The van der Waals surface area contributed by atoms with Crippen LogP contribution < -0.4 is 4.90 Å². The van der Waals surface area contributed by atoms with Crippen LogP contribution in [0.5, 0.6) is 0 Å². The van der Waals surface area contributed by atoms with Crippen molar-refractivity contribution in [3.8, 4) is 0 Å². The second-order valence-corrected chi connectivity index (χ2v) is 3.89. The molecule has 0 N–H and O–H groups in total. The van der Waals surface area contributed by atoms with Crippen molar-refractivity contribution in [3.05, 3.63) is 18.1 Å². The van der Waals surface area contributed by atoms with E-state index in [-0.39, 0.29) is 0 Å². The Morgan fingerprint density at radius 1 is 1.50 bits per heavy atom. The number of thioether (sulfide) groups is 1. The number of anilines is 1. The molecule has 4 heteroatoms. The van der Waals surface area contributed by atoms with Crippen LogP contribution in [0.25, 0.3) is 0 Å². The lowest BCUT2D eigenvalue weighted by atomic mass is 10.4. The minimum Gasteiger partial charge on any atom is -0.346 e. The van der Waals surface area contributed by atoms with Gasteiger partial charge in [0.2, 0.25) is 0 Å². The van der Waals surface area contributed by atoms with E-state index >= 15 is 0 Å². The second-order valence-electron chi connectivity index (χ2n) is 2.82. The molecule has 1 saturated heterocycles. The standard InChI is InChI=1S/C8H11N3S/c1-7-4-8(10-5-9-7)11-2-3-12-6-11/h4-5H,2-3,6H2,1H3. The van der Waals surface area contributed by atoms with Crippen molar-refractivity contribution in [2.24, 2.45) is 0 Å². The molecule has 0 aromatic carbocycles. The van der Waals surface area contributed by atoms with Gasteiger partial charge in [-0.15, -0.1) is 11.8 Å². The maximum Gasteiger partial charge on any atom is 0.132 e. The average molecular weight is 181 g/mol. The Balaban J connectivity index is 2.21. The Labute approximate surface area is 76.2 Å². The molecular formula is C8H11N3S. The molecular weight excluding hydrogens is 170 g/mol. The van der Waals surface area contributed by atoms with Crippen LogP contribution in [0, 0.1) is 6.92 Å². The minimum absolute atomic E-state index is 1.04. The molecule has 0 amide bonds. The number of hydrogen-bond acceptors (Lipinski definition) is 4. The summed E-state index contributed by atoms with van der Waals surface area (Å²) in [4.78, 5) is 10.6. The van der Waals surface area contributed by atoms with E-state index in [1.165, 1.54) is 5.75 Å². The van der Waals surface area contributed by atoms with Gasteiger partial charge in [-0.05, 0) is 6.92 Å². The van der Waals surface area contributed by atoms with Gasteiger partial charge >= 0.3 is 0 Å². The maximum atomic E-state index is 4.22. The summed E-state index contributed by atoms with van der Waals surface area (Å²) >= 11 is 1.95. The van der Waals surface area contributed by atoms with Gasteiger partial charge in [0.25, 0.3) is 0 Å². The van der Waals surface area contributed by atoms with Gasteiger partial charge in [-0.2, -0.15) is 0 Å². The molecule has 0 radical (unpaired) electrons. The number of aryl methyl sites for hydroxylation is 1. The highest BCUT2D eigenvalue weighted by molar-refractivity contribution is 7.99. The highest BCUT2D eigenvalue weighted by atomic mass is 32.2. The Hall–Kier alpha value is -0.770. The second kappa shape index (κ2) is 3.31. The molecule has 1 aromatic rings. The average Bonchev–Trinajstić information content (AvgIpc) is 2.56. The van der Waals surface area contributed by atoms with E-state index in [1.807, 2.05) is 24.8 Å². The molecule has 0 unspecified atom stereocenters. The quantitative estimate of drug-likeness (QED) is 0.653. The fourth-order valence-corrected chi connectivity index (χ4v) is 2.17. The van der Waals surface area contributed by atoms with Crippen molar-refractivity contribution in [2.75, 3.05) is 23.1 Å². The van der Waals surface area contributed by atoms with Crippen LogP contribution in [-0.4, -0.2) is 28.1 Å². The molecule has 0 aliphatic carbocycles. The Bertz CT molecular complexity index is 271. The summed E-state index contributed by atoms with van der Waals surface area (Å²) in [5, 5.41) is 0. The third-order valence-electron chi connectivity index (χ3n) is 1.87. The van der Waals surface area contributed by atoms with Crippen molar-refractivity contribution in [1.29, 1.82) is 0 Å². The van der Waals surface area contributed by atoms with E-state index in [9.17, 15) is 0 Å². The molecule has 0 atom stereocenters. The lowest BCUT2D eigenvalue weighted by Crippen LogP contribution is -2.19. The molecule has 2 rings (SSSR count). The van der Waals surface area contributed by atoms with Crippen LogP contribution in [0.3, 0.4) is 0 Å². The molecule has 12 heavy (non-hydrogen) atoms. The first-order valence-electron chi connectivity index (χ1n) is 3.97. The normalized spacial score (nSPS) is 16.9. The van der Waals surface area contributed by atoms with Crippen molar-refractivity contribution >= 4 is 17.6 Å². The predicted molar refractivity (Wildman–Crippen MR) is 51.4 cm³/mol. The van der Waals surface area contributed by atoms with Gasteiger partial charge in [0.05, 0.1) is 5.88 Å². The predicted octanol–water partition coefficient (Wildman–Crippen LogP) is 1.30. The van der Waals surface area contributed by atoms with Gasteiger partial charge < -0.3 is 4.90 Å². The SMILES string of the molecule is Cc1cc(N2CCSC2)ncn1. The Morgan fingerprint density at radius 3 is 3.08 bits per heavy atom. The van der Waals surface area contributed by atoms with Crippen molar-refractivity contribution < 1.29 is 0 Å². The molecule has 0 bridgehead atoms. The molecule has 1 aliphatic heterocycles. The van der Waals surface area contributed by atoms with Crippen LogP contribution >= 0.6 is 11.8 Å². The smallest absolute Gasteiger partial charge is 0.132 e. The molecule has 1 aromatic heterocycles. The molecule has 2 heterocycles. The Morgan fingerprint density at radius 2 is 2.42 bits per heavy atom. The zero-order chi connectivity index (χ0) is 8.39. The summed E-state index contributed by atoms with van der Waals surface area (Å²) in [5.41, 5.74) is 1.04. The summed E-state index contributed by atoms with van der Waals surface area (Å²) in [5.74, 6) is 3.34. The van der Waals surface area contributed by atoms with Gasteiger partial charge in [-0.25, -0.2) is 9.97 Å². The van der Waals surface area contributed by atoms with Gasteiger partial charge in [0, 0.05) is 24.1 Å². The first kappa shape index (κ1) is 7.86. The highest BCUT2D eigenvalue weighted by Gasteiger charge is 2.13. The highest BCUT2D eigenvalue weighted by Crippen LogP contribution is 2.20. The van der Waals surface area contributed by atoms with E-state index in [4.69, 9.17) is 0 Å². The third kappa shape index (κ3) is 1.53. The fourth-order valence-electron chi connectivity index (χ4n) is 1.21. The van der Waals surface area contributed by atoms with Gasteiger partial charge in [-0.3, -0.25) is 0 Å². The van der Waals surface area contributed by atoms with E-state index < -0.39 is 0 Å². The lowest BCUT2D eigenvalue weighted by Gasteiger charge is -2.14. The van der Waals surface area contributed by atoms with Crippen LogP contribution in [-0.2, 0) is 0 Å². The van der Waals surface area contributed by atoms with Crippen molar-refractivity contribution in [3.63, 3.8) is 0 Å². The fraction of sp³-hybridized carbons (Fsp3) is 0.500. The molecule has 64 valence electrons. The van der Waals surface area contributed by atoms with E-state index in [0.29, 0.717) is 0 Å². The molecule has 1 fully saturated rings. The van der Waals surface area contributed by atoms with E-state index in [2.05, 4.69) is 14.9 Å². The van der Waals surface area contributed by atoms with E-state index in [0.717, 1.165) is 23.9 Å². The van der Waals surface area contributed by atoms with Crippen molar-refractivity contribution in [1.82, 2.24) is 9.97 Å². The number of nitrogens with zero attached hydrogens (tertiary/aromatic N) is 3. The first-order valence-corrected chi connectivity index (χ1v) is 5.13. The molecule has 0 saturated carbocycles. The molecule has 0 spiro atoms. The van der Waals surface area contributed by atoms with Crippen LogP contribution in [0.15, 0.2) is 12.4 Å². The van der Waals surface area contributed by atoms with Crippen LogP contribution in [0.2, 0.25) is 0 Å². The third-order valence-corrected chi connectivity index (χ3v) is 2.83. The Kier molecular flexibility index (Phi) is 2.17. The monoisotopic (exact) mass is 181 g/mol. The summed E-state index contributed by atoms with van der Waals surface area (Å²) in [6.45, 7) is 3.11. The van der Waals surface area contributed by atoms with E-state index in [1.54, 1.807) is 6.33 Å². The molecule has 3 nitrogen and oxygen atoms in total. The zero-order valence-corrected chi connectivity index (χ0v) is 7.84. The number of aromatic nitrogens is 2. The summed E-state index contributed by atoms with van der Waals surface area (Å²) in [7, 11) is 0. The largest absolute Gasteiger partial charge is 0.346 e. The number of rotatable bonds is 1. The maximum absolute atomic E-state index is 4.22. The number of hydrogen-bond donors (Lipinski definition) is 0. The summed E-state index contributed by atoms with van der Waals surface area (Å²) in [6.07, 6.45) is 1.63. The van der Waals surface area contributed by atoms with Crippen LogP contribution in [0.4, 0.5) is 5.82 Å². The van der Waals surface area contributed by atoms with Crippen LogP contribution in [0.1, 0.15) is 5.69 Å². The van der Waals surface area contributed by atoms with Gasteiger partial charge in [0.15, 0.2) is 0 Å².